The number of allylic oxidation sites excluding steroid dienone is 2. The van der Waals surface area contributed by atoms with Crippen LogP contribution in [0, 0.1) is 0 Å². The van der Waals surface area contributed by atoms with Gasteiger partial charge in [0.25, 0.3) is 0 Å². The van der Waals surface area contributed by atoms with Gasteiger partial charge in [0.15, 0.2) is 0 Å². The van der Waals surface area contributed by atoms with E-state index < -0.39 is 0 Å². The first-order chi connectivity index (χ1) is 5.33. The Morgan fingerprint density at radius 1 is 1.27 bits per heavy atom. The maximum Gasteiger partial charge on any atom is 0.0228 e. The third-order valence-electron chi connectivity index (χ3n) is 2.22. The molecule has 1 heteroatoms. The van der Waals surface area contributed by atoms with E-state index in [1.54, 1.807) is 0 Å². The van der Waals surface area contributed by atoms with Crippen molar-refractivity contribution in [2.24, 2.45) is 0 Å². The summed E-state index contributed by atoms with van der Waals surface area (Å²) in [5.41, 5.74) is 0. The van der Waals surface area contributed by atoms with Gasteiger partial charge < -0.3 is 0 Å². The summed E-state index contributed by atoms with van der Waals surface area (Å²) in [7, 11) is 0. The molecular formula is C10H16S. The Bertz CT molecular complexity index is 131. The van der Waals surface area contributed by atoms with Gasteiger partial charge in [-0.25, -0.2) is 0 Å². The van der Waals surface area contributed by atoms with E-state index in [2.05, 4.69) is 24.9 Å². The van der Waals surface area contributed by atoms with Crippen LogP contribution in [0.15, 0.2) is 25.3 Å². The largest absolute Gasteiger partial charge is 0.155 e. The molecule has 1 aliphatic rings. The molecule has 1 aliphatic heterocycles. The second-order valence-electron chi connectivity index (χ2n) is 3.12. The summed E-state index contributed by atoms with van der Waals surface area (Å²) in [4.78, 5) is 0. The van der Waals surface area contributed by atoms with Crippen molar-refractivity contribution in [2.45, 2.75) is 30.4 Å². The summed E-state index contributed by atoms with van der Waals surface area (Å²) in [6, 6.07) is 0. The zero-order valence-electron chi connectivity index (χ0n) is 7.01. The van der Waals surface area contributed by atoms with Crippen LogP contribution in [0.2, 0.25) is 0 Å². The van der Waals surface area contributed by atoms with Gasteiger partial charge in [-0.05, 0) is 31.4 Å². The topological polar surface area (TPSA) is 0 Å². The van der Waals surface area contributed by atoms with Crippen LogP contribution in [0.4, 0.5) is 0 Å². The SMILES string of the molecule is C=CCC1(CC=C)CCCS1. The van der Waals surface area contributed by atoms with Crippen molar-refractivity contribution in [3.63, 3.8) is 0 Å². The minimum atomic E-state index is 0.476. The first-order valence-electron chi connectivity index (χ1n) is 4.19. The highest BCUT2D eigenvalue weighted by Crippen LogP contribution is 2.43. The van der Waals surface area contributed by atoms with Crippen LogP contribution < -0.4 is 0 Å². The summed E-state index contributed by atoms with van der Waals surface area (Å²) in [6.45, 7) is 7.61. The molecular weight excluding hydrogens is 152 g/mol. The Balaban J connectivity index is 2.53. The molecule has 62 valence electrons. The lowest BCUT2D eigenvalue weighted by atomic mass is 9.95. The molecule has 0 nitrogen and oxygen atoms in total. The minimum absolute atomic E-state index is 0.476. The molecule has 0 atom stereocenters. The normalized spacial score (nSPS) is 21.5. The molecule has 0 aliphatic carbocycles. The highest BCUT2D eigenvalue weighted by molar-refractivity contribution is 8.00. The van der Waals surface area contributed by atoms with Gasteiger partial charge in [-0.3, -0.25) is 0 Å². The van der Waals surface area contributed by atoms with Gasteiger partial charge in [0, 0.05) is 4.75 Å². The fraction of sp³-hybridized carbons (Fsp3) is 0.600. The number of thioether (sulfide) groups is 1. The number of rotatable bonds is 4. The summed E-state index contributed by atoms with van der Waals surface area (Å²) >= 11 is 2.10. The molecule has 1 fully saturated rings. The van der Waals surface area contributed by atoms with Gasteiger partial charge in [0.1, 0.15) is 0 Å². The van der Waals surface area contributed by atoms with Crippen molar-refractivity contribution < 1.29 is 0 Å². The van der Waals surface area contributed by atoms with Crippen LogP contribution in [-0.2, 0) is 0 Å². The van der Waals surface area contributed by atoms with Crippen molar-refractivity contribution in [3.8, 4) is 0 Å². The highest BCUT2D eigenvalue weighted by atomic mass is 32.2. The molecule has 0 aromatic rings. The van der Waals surface area contributed by atoms with Gasteiger partial charge in [-0.15, -0.1) is 13.2 Å². The maximum absolute atomic E-state index is 3.80. The van der Waals surface area contributed by atoms with E-state index in [4.69, 9.17) is 0 Å². The molecule has 1 rings (SSSR count). The van der Waals surface area contributed by atoms with Crippen LogP contribution in [0.3, 0.4) is 0 Å². The first kappa shape index (κ1) is 8.92. The first-order valence-corrected chi connectivity index (χ1v) is 5.17. The van der Waals surface area contributed by atoms with Gasteiger partial charge in [-0.1, -0.05) is 12.2 Å². The van der Waals surface area contributed by atoms with Crippen molar-refractivity contribution in [2.75, 3.05) is 5.75 Å². The van der Waals surface area contributed by atoms with Crippen molar-refractivity contribution in [1.29, 1.82) is 0 Å². The van der Waals surface area contributed by atoms with Gasteiger partial charge in [0.05, 0.1) is 0 Å². The lowest BCUT2D eigenvalue weighted by molar-refractivity contribution is 0.572. The van der Waals surface area contributed by atoms with Gasteiger partial charge in [0.2, 0.25) is 0 Å². The van der Waals surface area contributed by atoms with Crippen molar-refractivity contribution >= 4 is 11.8 Å². The predicted octanol–water partition coefficient (Wildman–Crippen LogP) is 3.40. The third kappa shape index (κ3) is 2.13. The molecule has 0 aromatic carbocycles. The molecule has 0 spiro atoms. The quantitative estimate of drug-likeness (QED) is 0.580. The van der Waals surface area contributed by atoms with Crippen LogP contribution in [0.25, 0.3) is 0 Å². The predicted molar refractivity (Wildman–Crippen MR) is 54.1 cm³/mol. The van der Waals surface area contributed by atoms with E-state index in [0.29, 0.717) is 4.75 Å². The standard InChI is InChI=1S/C10H16S/c1-3-6-10(7-4-2)8-5-9-11-10/h3-4H,1-2,5-9H2. The van der Waals surface area contributed by atoms with Crippen LogP contribution in [-0.4, -0.2) is 10.5 Å². The second-order valence-corrected chi connectivity index (χ2v) is 4.68. The summed E-state index contributed by atoms with van der Waals surface area (Å²) in [5.74, 6) is 1.32. The number of hydrogen-bond acceptors (Lipinski definition) is 1. The van der Waals surface area contributed by atoms with Crippen molar-refractivity contribution in [1.82, 2.24) is 0 Å². The molecule has 0 amide bonds. The van der Waals surface area contributed by atoms with Crippen LogP contribution >= 0.6 is 11.8 Å². The van der Waals surface area contributed by atoms with Crippen molar-refractivity contribution in [3.05, 3.63) is 25.3 Å². The smallest absolute Gasteiger partial charge is 0.0228 e. The highest BCUT2D eigenvalue weighted by Gasteiger charge is 2.31. The summed E-state index contributed by atoms with van der Waals surface area (Å²) in [5, 5.41) is 0. The monoisotopic (exact) mass is 168 g/mol. The van der Waals surface area contributed by atoms with E-state index in [9.17, 15) is 0 Å². The van der Waals surface area contributed by atoms with E-state index >= 15 is 0 Å². The van der Waals surface area contributed by atoms with E-state index in [0.717, 1.165) is 12.8 Å². The Hall–Kier alpha value is -0.170. The lowest BCUT2D eigenvalue weighted by Crippen LogP contribution is -2.18. The Labute approximate surface area is 73.8 Å². The molecule has 1 saturated heterocycles. The molecule has 0 unspecified atom stereocenters. The minimum Gasteiger partial charge on any atom is -0.155 e. The van der Waals surface area contributed by atoms with E-state index in [1.165, 1.54) is 18.6 Å². The average Bonchev–Trinajstić information content (AvgIpc) is 2.39. The second kappa shape index (κ2) is 4.01. The Kier molecular flexibility index (Phi) is 3.25. The summed E-state index contributed by atoms with van der Waals surface area (Å²) < 4.78 is 0.476. The molecule has 0 aromatic heterocycles. The van der Waals surface area contributed by atoms with Gasteiger partial charge >= 0.3 is 0 Å². The van der Waals surface area contributed by atoms with E-state index in [-0.39, 0.29) is 0 Å². The molecule has 0 radical (unpaired) electrons. The third-order valence-corrected chi connectivity index (χ3v) is 3.86. The average molecular weight is 168 g/mol. The Morgan fingerprint density at radius 3 is 2.27 bits per heavy atom. The van der Waals surface area contributed by atoms with Gasteiger partial charge in [-0.2, -0.15) is 11.8 Å². The molecule has 1 heterocycles. The summed E-state index contributed by atoms with van der Waals surface area (Å²) in [6.07, 6.45) is 9.08. The molecule has 0 N–H and O–H groups in total. The maximum atomic E-state index is 3.80. The zero-order valence-corrected chi connectivity index (χ0v) is 7.83. The Morgan fingerprint density at radius 2 is 1.91 bits per heavy atom. The zero-order chi connectivity index (χ0) is 8.16. The van der Waals surface area contributed by atoms with Crippen LogP contribution in [0.1, 0.15) is 25.7 Å². The molecule has 0 saturated carbocycles. The fourth-order valence-electron chi connectivity index (χ4n) is 1.69. The fourth-order valence-corrected chi connectivity index (χ4v) is 3.17. The van der Waals surface area contributed by atoms with E-state index in [1.807, 2.05) is 12.2 Å². The lowest BCUT2D eigenvalue weighted by Gasteiger charge is -2.24. The molecule has 11 heavy (non-hydrogen) atoms. The van der Waals surface area contributed by atoms with Crippen LogP contribution in [0.5, 0.6) is 0 Å². The number of hydrogen-bond donors (Lipinski definition) is 0. The molecule has 0 bridgehead atoms.